The molecule has 6 heteroatoms. The molecule has 1 amide bonds. The number of likely N-dealkylation sites (N-methyl/N-ethyl adjacent to an activating group) is 1. The lowest BCUT2D eigenvalue weighted by atomic mass is 10.1. The van der Waals surface area contributed by atoms with Gasteiger partial charge in [-0.15, -0.1) is 11.3 Å². The molecular weight excluding hydrogens is 356 g/mol. The summed E-state index contributed by atoms with van der Waals surface area (Å²) < 4.78 is 0. The van der Waals surface area contributed by atoms with E-state index in [-0.39, 0.29) is 11.9 Å². The average molecular weight is 387 g/mol. The van der Waals surface area contributed by atoms with Crippen molar-refractivity contribution in [2.75, 3.05) is 39.8 Å². The van der Waals surface area contributed by atoms with Gasteiger partial charge in [0.2, 0.25) is 5.91 Å². The number of nitrogens with one attached hydrogen (secondary N) is 1. The molecule has 0 bridgehead atoms. The Morgan fingerprint density at radius 3 is 2.59 bits per heavy atom. The molecule has 146 valence electrons. The molecule has 1 saturated heterocycles. The minimum absolute atomic E-state index is 0.0943. The summed E-state index contributed by atoms with van der Waals surface area (Å²) in [6.45, 7) is 9.44. The van der Waals surface area contributed by atoms with Crippen LogP contribution in [0.15, 0.2) is 30.3 Å². The molecule has 1 aromatic carbocycles. The van der Waals surface area contributed by atoms with Gasteiger partial charge in [0.1, 0.15) is 0 Å². The van der Waals surface area contributed by atoms with Gasteiger partial charge >= 0.3 is 0 Å². The fraction of sp³-hybridized carbons (Fsp3) is 0.524. The number of hydrogen-bond acceptors (Lipinski definition) is 5. The highest BCUT2D eigenvalue weighted by Crippen LogP contribution is 2.28. The number of benzene rings is 1. The van der Waals surface area contributed by atoms with Crippen molar-refractivity contribution in [1.29, 1.82) is 0 Å². The third kappa shape index (κ3) is 5.61. The molecule has 0 unspecified atom stereocenters. The van der Waals surface area contributed by atoms with Gasteiger partial charge < -0.3 is 10.2 Å². The minimum Gasteiger partial charge on any atom is -0.352 e. The quantitative estimate of drug-likeness (QED) is 0.795. The van der Waals surface area contributed by atoms with Crippen LogP contribution in [0.2, 0.25) is 0 Å². The van der Waals surface area contributed by atoms with Crippen LogP contribution in [0.3, 0.4) is 0 Å². The van der Waals surface area contributed by atoms with E-state index in [0.29, 0.717) is 6.42 Å². The first kappa shape index (κ1) is 20.0. The highest BCUT2D eigenvalue weighted by molar-refractivity contribution is 7.12. The van der Waals surface area contributed by atoms with E-state index in [1.807, 2.05) is 25.1 Å². The summed E-state index contributed by atoms with van der Waals surface area (Å²) in [5, 5.41) is 4.25. The zero-order valence-corrected chi connectivity index (χ0v) is 17.4. The fourth-order valence-electron chi connectivity index (χ4n) is 3.45. The van der Waals surface area contributed by atoms with E-state index in [2.05, 4.69) is 46.2 Å². The third-order valence-corrected chi connectivity index (χ3v) is 6.08. The molecule has 2 heterocycles. The van der Waals surface area contributed by atoms with E-state index in [4.69, 9.17) is 0 Å². The Balaban J connectivity index is 1.60. The van der Waals surface area contributed by atoms with Crippen molar-refractivity contribution in [3.05, 3.63) is 40.2 Å². The Bertz CT molecular complexity index is 738. The van der Waals surface area contributed by atoms with Crippen LogP contribution >= 0.6 is 11.3 Å². The van der Waals surface area contributed by atoms with Crippen molar-refractivity contribution in [1.82, 2.24) is 20.1 Å². The van der Waals surface area contributed by atoms with Gasteiger partial charge in [0, 0.05) is 49.2 Å². The molecule has 1 N–H and O–H groups in total. The first-order chi connectivity index (χ1) is 13.0. The largest absolute Gasteiger partial charge is 0.352 e. The fourth-order valence-corrected chi connectivity index (χ4v) is 4.41. The molecular formula is C21H30N4OS. The lowest BCUT2D eigenvalue weighted by molar-refractivity contribution is -0.121. The first-order valence-corrected chi connectivity index (χ1v) is 10.6. The highest BCUT2D eigenvalue weighted by Gasteiger charge is 2.20. The summed E-state index contributed by atoms with van der Waals surface area (Å²) in [4.78, 5) is 23.2. The second kappa shape index (κ2) is 9.44. The molecule has 5 nitrogen and oxygen atoms in total. The first-order valence-electron chi connectivity index (χ1n) is 9.77. The van der Waals surface area contributed by atoms with Gasteiger partial charge in [0.25, 0.3) is 0 Å². The van der Waals surface area contributed by atoms with Crippen LogP contribution < -0.4 is 5.32 Å². The summed E-state index contributed by atoms with van der Waals surface area (Å²) in [7, 11) is 2.16. The molecule has 0 saturated carbocycles. The van der Waals surface area contributed by atoms with Crippen LogP contribution in [0.5, 0.6) is 0 Å². The SMILES string of the molecule is CC[C@@H](CN1CCN(C)CC1)NC(=O)Cc1sc(C)nc1-c1ccccc1. The molecule has 1 aromatic heterocycles. The van der Waals surface area contributed by atoms with E-state index in [1.54, 1.807) is 11.3 Å². The number of carbonyl (C=O) groups excluding carboxylic acids is 1. The lowest BCUT2D eigenvalue weighted by Crippen LogP contribution is -2.50. The zero-order chi connectivity index (χ0) is 19.2. The lowest BCUT2D eigenvalue weighted by Gasteiger charge is -2.34. The molecule has 1 aliphatic heterocycles. The molecule has 1 fully saturated rings. The third-order valence-electron chi connectivity index (χ3n) is 5.11. The van der Waals surface area contributed by atoms with Crippen LogP contribution in [0.25, 0.3) is 11.3 Å². The van der Waals surface area contributed by atoms with Crippen molar-refractivity contribution >= 4 is 17.2 Å². The maximum absolute atomic E-state index is 12.7. The van der Waals surface area contributed by atoms with Crippen molar-refractivity contribution in [2.45, 2.75) is 32.7 Å². The van der Waals surface area contributed by atoms with Crippen LogP contribution in [0.1, 0.15) is 23.2 Å². The number of nitrogens with zero attached hydrogens (tertiary/aromatic N) is 3. The molecule has 0 aliphatic carbocycles. The number of hydrogen-bond donors (Lipinski definition) is 1. The number of aryl methyl sites for hydroxylation is 1. The van der Waals surface area contributed by atoms with Gasteiger partial charge in [0.05, 0.1) is 17.1 Å². The van der Waals surface area contributed by atoms with Crippen LogP contribution in [0.4, 0.5) is 0 Å². The maximum Gasteiger partial charge on any atom is 0.225 e. The molecule has 1 aliphatic rings. The summed E-state index contributed by atoms with van der Waals surface area (Å²) in [6.07, 6.45) is 1.35. The second-order valence-corrected chi connectivity index (χ2v) is 8.61. The van der Waals surface area contributed by atoms with Crippen molar-refractivity contribution in [3.8, 4) is 11.3 Å². The molecule has 2 aromatic rings. The summed E-state index contributed by atoms with van der Waals surface area (Å²) in [6, 6.07) is 10.3. The number of amides is 1. The van der Waals surface area contributed by atoms with Crippen LogP contribution in [-0.4, -0.2) is 66.5 Å². The predicted octanol–water partition coefficient (Wildman–Crippen LogP) is 2.80. The normalized spacial score (nSPS) is 17.0. The Morgan fingerprint density at radius 1 is 1.22 bits per heavy atom. The number of thiazole rings is 1. The Labute approximate surface area is 166 Å². The van der Waals surface area contributed by atoms with Gasteiger partial charge in [-0.3, -0.25) is 9.69 Å². The molecule has 0 radical (unpaired) electrons. The van der Waals surface area contributed by atoms with Gasteiger partial charge in [-0.05, 0) is 20.4 Å². The summed E-state index contributed by atoms with van der Waals surface area (Å²) in [5.41, 5.74) is 2.02. The molecule has 27 heavy (non-hydrogen) atoms. The summed E-state index contributed by atoms with van der Waals surface area (Å²) in [5.74, 6) is 0.0943. The Hall–Kier alpha value is -1.76. The van der Waals surface area contributed by atoms with Crippen molar-refractivity contribution < 1.29 is 4.79 Å². The van der Waals surface area contributed by atoms with Crippen molar-refractivity contribution in [2.24, 2.45) is 0 Å². The van der Waals surface area contributed by atoms with Crippen LogP contribution in [0, 0.1) is 6.92 Å². The number of piperazine rings is 1. The number of aromatic nitrogens is 1. The predicted molar refractivity (Wildman–Crippen MR) is 112 cm³/mol. The zero-order valence-electron chi connectivity index (χ0n) is 16.6. The second-order valence-electron chi connectivity index (χ2n) is 7.32. The Morgan fingerprint density at radius 2 is 1.93 bits per heavy atom. The minimum atomic E-state index is 0.0943. The van der Waals surface area contributed by atoms with Crippen LogP contribution in [-0.2, 0) is 11.2 Å². The standard InChI is InChI=1S/C21H30N4OS/c1-4-18(15-25-12-10-24(3)11-13-25)23-20(26)14-19-21(22-16(2)27-19)17-8-6-5-7-9-17/h5-9,18H,4,10-15H2,1-3H3,(H,23,26)/t18-/m0/s1. The van der Waals surface area contributed by atoms with E-state index >= 15 is 0 Å². The smallest absolute Gasteiger partial charge is 0.225 e. The molecule has 1 atom stereocenters. The topological polar surface area (TPSA) is 48.5 Å². The van der Waals surface area contributed by atoms with E-state index in [9.17, 15) is 4.79 Å². The summed E-state index contributed by atoms with van der Waals surface area (Å²) >= 11 is 1.62. The maximum atomic E-state index is 12.7. The van der Waals surface area contributed by atoms with E-state index < -0.39 is 0 Å². The van der Waals surface area contributed by atoms with Gasteiger partial charge in [-0.1, -0.05) is 37.3 Å². The van der Waals surface area contributed by atoms with Gasteiger partial charge in [-0.25, -0.2) is 4.98 Å². The number of rotatable bonds is 7. The van der Waals surface area contributed by atoms with Gasteiger partial charge in [-0.2, -0.15) is 0 Å². The molecule has 3 rings (SSSR count). The monoisotopic (exact) mass is 386 g/mol. The Kier molecular flexibility index (Phi) is 6.99. The van der Waals surface area contributed by atoms with Gasteiger partial charge in [0.15, 0.2) is 0 Å². The average Bonchev–Trinajstić information content (AvgIpc) is 3.03. The number of carbonyl (C=O) groups is 1. The van der Waals surface area contributed by atoms with E-state index in [1.165, 1.54) is 0 Å². The highest BCUT2D eigenvalue weighted by atomic mass is 32.1. The van der Waals surface area contributed by atoms with E-state index in [0.717, 1.165) is 60.3 Å². The van der Waals surface area contributed by atoms with Crippen molar-refractivity contribution in [3.63, 3.8) is 0 Å². The molecule has 0 spiro atoms.